The molecular formula is C22H25N3O4S. The largest absolute Gasteiger partial charge is 0.324 e. The molecule has 2 aliphatic rings. The van der Waals surface area contributed by atoms with Gasteiger partial charge in [0.1, 0.15) is 6.04 Å². The molecule has 0 bridgehead atoms. The van der Waals surface area contributed by atoms with Gasteiger partial charge in [0.05, 0.1) is 11.5 Å². The highest BCUT2D eigenvalue weighted by Crippen LogP contribution is 2.27. The van der Waals surface area contributed by atoms with E-state index in [1.807, 2.05) is 53.4 Å². The van der Waals surface area contributed by atoms with Crippen molar-refractivity contribution in [3.05, 3.63) is 60.2 Å². The van der Waals surface area contributed by atoms with Crippen molar-refractivity contribution in [3.63, 3.8) is 0 Å². The summed E-state index contributed by atoms with van der Waals surface area (Å²) in [6.07, 6.45) is 1.38. The van der Waals surface area contributed by atoms with Gasteiger partial charge in [0.25, 0.3) is 0 Å². The van der Waals surface area contributed by atoms with Crippen LogP contribution in [0.5, 0.6) is 0 Å². The molecule has 2 heterocycles. The van der Waals surface area contributed by atoms with Gasteiger partial charge in [-0.15, -0.1) is 0 Å². The second kappa shape index (κ2) is 8.57. The van der Waals surface area contributed by atoms with Crippen LogP contribution in [0.2, 0.25) is 0 Å². The van der Waals surface area contributed by atoms with Crippen molar-refractivity contribution in [2.24, 2.45) is 0 Å². The molecule has 0 aromatic heterocycles. The maximum atomic E-state index is 13.3. The van der Waals surface area contributed by atoms with Crippen LogP contribution in [0.25, 0.3) is 0 Å². The van der Waals surface area contributed by atoms with Crippen molar-refractivity contribution in [3.8, 4) is 0 Å². The van der Waals surface area contributed by atoms with E-state index in [1.165, 1.54) is 0 Å². The van der Waals surface area contributed by atoms with Crippen molar-refractivity contribution < 1.29 is 18.0 Å². The minimum absolute atomic E-state index is 0.0518. The zero-order chi connectivity index (χ0) is 21.1. The van der Waals surface area contributed by atoms with Crippen molar-refractivity contribution in [2.75, 3.05) is 41.4 Å². The Morgan fingerprint density at radius 1 is 0.967 bits per heavy atom. The molecule has 2 aliphatic heterocycles. The molecule has 0 aliphatic carbocycles. The number of carbonyl (C=O) groups excluding carboxylic acids is 2. The highest BCUT2D eigenvalue weighted by Gasteiger charge is 2.32. The van der Waals surface area contributed by atoms with Gasteiger partial charge in [-0.1, -0.05) is 36.4 Å². The van der Waals surface area contributed by atoms with Crippen LogP contribution in [0.15, 0.2) is 54.6 Å². The number of anilines is 2. The summed E-state index contributed by atoms with van der Waals surface area (Å²) < 4.78 is 23.7. The van der Waals surface area contributed by atoms with Crippen LogP contribution < -0.4 is 10.2 Å². The Kier molecular flexibility index (Phi) is 5.87. The van der Waals surface area contributed by atoms with E-state index < -0.39 is 15.9 Å². The van der Waals surface area contributed by atoms with Crippen molar-refractivity contribution in [1.29, 1.82) is 0 Å². The minimum Gasteiger partial charge on any atom is -0.324 e. The van der Waals surface area contributed by atoms with Gasteiger partial charge < -0.3 is 10.2 Å². The van der Waals surface area contributed by atoms with E-state index >= 15 is 0 Å². The van der Waals surface area contributed by atoms with Gasteiger partial charge in [-0.3, -0.25) is 14.5 Å². The monoisotopic (exact) mass is 427 g/mol. The van der Waals surface area contributed by atoms with Gasteiger partial charge in [-0.05, 0) is 30.2 Å². The molecule has 158 valence electrons. The summed E-state index contributed by atoms with van der Waals surface area (Å²) in [7, 11) is -3.05. The lowest BCUT2D eigenvalue weighted by atomic mass is 10.0. The van der Waals surface area contributed by atoms with Gasteiger partial charge in [0.15, 0.2) is 9.84 Å². The van der Waals surface area contributed by atoms with Crippen LogP contribution in [0, 0.1) is 0 Å². The predicted molar refractivity (Wildman–Crippen MR) is 116 cm³/mol. The van der Waals surface area contributed by atoms with Crippen molar-refractivity contribution in [2.45, 2.75) is 18.9 Å². The zero-order valence-corrected chi connectivity index (χ0v) is 17.5. The Morgan fingerprint density at radius 2 is 1.70 bits per heavy atom. The number of hydrogen-bond donors (Lipinski definition) is 1. The molecule has 2 amide bonds. The van der Waals surface area contributed by atoms with E-state index in [0.717, 1.165) is 17.7 Å². The van der Waals surface area contributed by atoms with Crippen LogP contribution in [-0.4, -0.2) is 56.3 Å². The molecule has 8 heteroatoms. The minimum atomic E-state index is -3.05. The quantitative estimate of drug-likeness (QED) is 0.791. The van der Waals surface area contributed by atoms with E-state index in [0.29, 0.717) is 31.7 Å². The average molecular weight is 428 g/mol. The third-order valence-electron chi connectivity index (χ3n) is 5.61. The highest BCUT2D eigenvalue weighted by atomic mass is 32.2. The van der Waals surface area contributed by atoms with E-state index in [2.05, 4.69) is 5.32 Å². The number of nitrogens with zero attached hydrogens (tertiary/aromatic N) is 2. The Bertz CT molecular complexity index is 1030. The molecule has 7 nitrogen and oxygen atoms in total. The Hall–Kier alpha value is -2.71. The average Bonchev–Trinajstić information content (AvgIpc) is 3.16. The van der Waals surface area contributed by atoms with Gasteiger partial charge in [-0.2, -0.15) is 0 Å². The molecule has 1 N–H and O–H groups in total. The highest BCUT2D eigenvalue weighted by molar-refractivity contribution is 7.91. The molecule has 2 aromatic carbocycles. The van der Waals surface area contributed by atoms with Gasteiger partial charge in [0, 0.05) is 37.4 Å². The van der Waals surface area contributed by atoms with Gasteiger partial charge in [0.2, 0.25) is 11.8 Å². The van der Waals surface area contributed by atoms with Crippen LogP contribution in [0.1, 0.15) is 24.4 Å². The summed E-state index contributed by atoms with van der Waals surface area (Å²) in [5.41, 5.74) is 2.21. The number of carbonyl (C=O) groups is 2. The fourth-order valence-corrected chi connectivity index (χ4v) is 5.26. The topological polar surface area (TPSA) is 86.8 Å². The molecule has 2 aromatic rings. The maximum absolute atomic E-state index is 13.3. The normalized spacial score (nSPS) is 20.1. The number of sulfone groups is 1. The predicted octanol–water partition coefficient (Wildman–Crippen LogP) is 2.22. The first kappa shape index (κ1) is 20.6. The number of amides is 2. The van der Waals surface area contributed by atoms with Crippen LogP contribution in [0.3, 0.4) is 0 Å². The number of nitrogens with one attached hydrogen (secondary N) is 1. The molecular weight excluding hydrogens is 402 g/mol. The fraction of sp³-hybridized carbons (Fsp3) is 0.364. The summed E-state index contributed by atoms with van der Waals surface area (Å²) in [6.45, 7) is 1.32. The molecule has 2 fully saturated rings. The van der Waals surface area contributed by atoms with E-state index in [9.17, 15) is 18.0 Å². The van der Waals surface area contributed by atoms with Gasteiger partial charge in [-0.25, -0.2) is 8.42 Å². The zero-order valence-electron chi connectivity index (χ0n) is 16.7. The lowest BCUT2D eigenvalue weighted by Crippen LogP contribution is -2.46. The Labute approximate surface area is 176 Å². The summed E-state index contributed by atoms with van der Waals surface area (Å²) in [6, 6.07) is 16.1. The summed E-state index contributed by atoms with van der Waals surface area (Å²) in [5.74, 6) is -0.0210. The lowest BCUT2D eigenvalue weighted by molar-refractivity contribution is -0.121. The molecule has 4 rings (SSSR count). The molecule has 1 atom stereocenters. The van der Waals surface area contributed by atoms with Crippen molar-refractivity contribution in [1.82, 2.24) is 4.90 Å². The fourth-order valence-electron chi connectivity index (χ4n) is 4.03. The molecule has 30 heavy (non-hydrogen) atoms. The van der Waals surface area contributed by atoms with Gasteiger partial charge >= 0.3 is 0 Å². The number of benzene rings is 2. The Balaban J connectivity index is 1.56. The molecule has 1 unspecified atom stereocenters. The first-order valence-electron chi connectivity index (χ1n) is 10.1. The second-order valence-corrected chi connectivity index (χ2v) is 9.99. The third-order valence-corrected chi connectivity index (χ3v) is 7.22. The maximum Gasteiger partial charge on any atom is 0.246 e. The van der Waals surface area contributed by atoms with Crippen LogP contribution >= 0.6 is 0 Å². The molecule has 0 saturated carbocycles. The summed E-state index contributed by atoms with van der Waals surface area (Å²) in [4.78, 5) is 29.0. The smallest absolute Gasteiger partial charge is 0.246 e. The lowest BCUT2D eigenvalue weighted by Gasteiger charge is -2.33. The first-order valence-corrected chi connectivity index (χ1v) is 12.0. The summed E-state index contributed by atoms with van der Waals surface area (Å²) >= 11 is 0. The van der Waals surface area contributed by atoms with E-state index in [1.54, 1.807) is 11.0 Å². The first-order chi connectivity index (χ1) is 14.4. The Morgan fingerprint density at radius 3 is 2.37 bits per heavy atom. The van der Waals surface area contributed by atoms with E-state index in [-0.39, 0.29) is 23.3 Å². The van der Waals surface area contributed by atoms with Crippen molar-refractivity contribution >= 4 is 33.0 Å². The molecule has 0 radical (unpaired) electrons. The second-order valence-electron chi connectivity index (χ2n) is 7.69. The van der Waals surface area contributed by atoms with Crippen LogP contribution in [-0.2, 0) is 19.4 Å². The SMILES string of the molecule is O=C(Nc1cccc(N2CCCC2=O)c1)C(c1ccccc1)N1CCS(=O)(=O)CC1. The molecule has 2 saturated heterocycles. The summed E-state index contributed by atoms with van der Waals surface area (Å²) in [5, 5.41) is 2.97. The molecule has 0 spiro atoms. The van der Waals surface area contributed by atoms with Crippen LogP contribution in [0.4, 0.5) is 11.4 Å². The van der Waals surface area contributed by atoms with E-state index in [4.69, 9.17) is 0 Å². The number of hydrogen-bond acceptors (Lipinski definition) is 5. The number of rotatable bonds is 5. The third kappa shape index (κ3) is 4.55. The standard InChI is InChI=1S/C22H25N3O4S/c26-20-10-5-11-25(20)19-9-4-8-18(16-19)23-22(27)21(17-6-2-1-3-7-17)24-12-14-30(28,29)15-13-24/h1-4,6-9,16,21H,5,10-15H2,(H,23,27).